The highest BCUT2D eigenvalue weighted by atomic mass is 16.2. The van der Waals surface area contributed by atoms with Crippen LogP contribution in [0.3, 0.4) is 0 Å². The maximum atomic E-state index is 12.2. The molecule has 5 heteroatoms. The number of anilines is 1. The maximum Gasteiger partial charge on any atom is 0.344 e. The van der Waals surface area contributed by atoms with Gasteiger partial charge in [-0.1, -0.05) is 24.3 Å². The fourth-order valence-electron chi connectivity index (χ4n) is 2.16. The number of pyridine rings is 1. The number of rotatable bonds is 2. The Labute approximate surface area is 117 Å². The zero-order valence-electron chi connectivity index (χ0n) is 11.1. The van der Waals surface area contributed by atoms with Crippen LogP contribution in [0.5, 0.6) is 0 Å². The fourth-order valence-corrected chi connectivity index (χ4v) is 2.16. The van der Waals surface area contributed by atoms with E-state index in [2.05, 4.69) is 10.1 Å². The van der Waals surface area contributed by atoms with Gasteiger partial charge < -0.3 is 0 Å². The Morgan fingerprint density at radius 3 is 2.90 bits per heavy atom. The van der Waals surface area contributed by atoms with Crippen LogP contribution in [0.25, 0.3) is 0 Å². The lowest BCUT2D eigenvalue weighted by Gasteiger charge is -2.31. The molecule has 0 saturated carbocycles. The molecule has 5 nitrogen and oxygen atoms in total. The lowest BCUT2D eigenvalue weighted by atomic mass is 10.1. The highest BCUT2D eigenvalue weighted by Gasteiger charge is 2.26. The van der Waals surface area contributed by atoms with E-state index in [0.717, 1.165) is 16.8 Å². The quantitative estimate of drug-likeness (QED) is 0.784. The van der Waals surface area contributed by atoms with Crippen molar-refractivity contribution in [2.45, 2.75) is 6.54 Å². The van der Waals surface area contributed by atoms with E-state index in [1.165, 1.54) is 5.01 Å². The zero-order chi connectivity index (χ0) is 13.9. The van der Waals surface area contributed by atoms with Crippen LogP contribution in [0.1, 0.15) is 11.1 Å². The minimum absolute atomic E-state index is 0.135. The van der Waals surface area contributed by atoms with Crippen molar-refractivity contribution < 1.29 is 4.79 Å². The Morgan fingerprint density at radius 2 is 2.10 bits per heavy atom. The molecule has 0 aliphatic carbocycles. The third-order valence-electron chi connectivity index (χ3n) is 3.21. The van der Waals surface area contributed by atoms with E-state index in [4.69, 9.17) is 0 Å². The molecule has 0 fully saturated rings. The van der Waals surface area contributed by atoms with Crippen LogP contribution in [0.2, 0.25) is 0 Å². The molecule has 1 aromatic heterocycles. The number of urea groups is 1. The topological polar surface area (TPSA) is 48.8 Å². The second-order valence-electron chi connectivity index (χ2n) is 4.56. The van der Waals surface area contributed by atoms with Gasteiger partial charge in [-0.15, -0.1) is 0 Å². The van der Waals surface area contributed by atoms with Gasteiger partial charge in [0.15, 0.2) is 0 Å². The third kappa shape index (κ3) is 2.25. The van der Waals surface area contributed by atoms with Crippen molar-refractivity contribution in [3.05, 3.63) is 59.9 Å². The molecule has 0 unspecified atom stereocenters. The Morgan fingerprint density at radius 1 is 1.25 bits per heavy atom. The summed E-state index contributed by atoms with van der Waals surface area (Å²) in [6.45, 7) is 0.482. The second kappa shape index (κ2) is 5.13. The average Bonchev–Trinajstić information content (AvgIpc) is 2.50. The summed E-state index contributed by atoms with van der Waals surface area (Å²) in [5, 5.41) is 5.71. The van der Waals surface area contributed by atoms with Crippen LogP contribution in [0.4, 0.5) is 10.5 Å². The Kier molecular flexibility index (Phi) is 3.16. The van der Waals surface area contributed by atoms with Crippen LogP contribution >= 0.6 is 0 Å². The molecule has 0 bridgehead atoms. The van der Waals surface area contributed by atoms with Crippen molar-refractivity contribution in [3.63, 3.8) is 0 Å². The lowest BCUT2D eigenvalue weighted by Crippen LogP contribution is -2.42. The summed E-state index contributed by atoms with van der Waals surface area (Å²) in [6.07, 6.45) is 5.05. The number of benzene rings is 1. The Bertz CT molecular complexity index is 654. The highest BCUT2D eigenvalue weighted by molar-refractivity contribution is 5.94. The molecule has 100 valence electrons. The molecule has 0 atom stereocenters. The van der Waals surface area contributed by atoms with Crippen LogP contribution in [0.15, 0.2) is 53.9 Å². The second-order valence-corrected chi connectivity index (χ2v) is 4.56. The van der Waals surface area contributed by atoms with E-state index in [1.54, 1.807) is 30.6 Å². The van der Waals surface area contributed by atoms with E-state index < -0.39 is 0 Å². The molecule has 1 aliphatic rings. The summed E-state index contributed by atoms with van der Waals surface area (Å²) in [5.74, 6) is 0. The standard InChI is InChI=1S/C15H14N4O/c1-18-14-7-3-2-6-13(14)11-19(15(18)20)17-10-12-5-4-8-16-9-12/h2-10H,11H2,1H3. The van der Waals surface area contributed by atoms with E-state index in [-0.39, 0.29) is 6.03 Å². The number of fused-ring (bicyclic) bond motifs is 1. The first-order chi connectivity index (χ1) is 9.75. The van der Waals surface area contributed by atoms with E-state index in [9.17, 15) is 4.79 Å². The fraction of sp³-hybridized carbons (Fsp3) is 0.133. The third-order valence-corrected chi connectivity index (χ3v) is 3.21. The van der Waals surface area contributed by atoms with Crippen molar-refractivity contribution in [1.82, 2.24) is 9.99 Å². The van der Waals surface area contributed by atoms with Crippen molar-refractivity contribution in [3.8, 4) is 0 Å². The largest absolute Gasteiger partial charge is 0.344 e. The predicted molar refractivity (Wildman–Crippen MR) is 77.6 cm³/mol. The SMILES string of the molecule is CN1C(=O)N(N=Cc2cccnc2)Cc2ccccc21. The smallest absolute Gasteiger partial charge is 0.296 e. The minimum Gasteiger partial charge on any atom is -0.296 e. The number of para-hydroxylation sites is 1. The molecule has 20 heavy (non-hydrogen) atoms. The molecule has 0 radical (unpaired) electrons. The maximum absolute atomic E-state index is 12.2. The first-order valence-corrected chi connectivity index (χ1v) is 6.33. The summed E-state index contributed by atoms with van der Waals surface area (Å²) in [6, 6.07) is 11.4. The number of nitrogens with zero attached hydrogens (tertiary/aromatic N) is 4. The molecule has 3 rings (SSSR count). The zero-order valence-corrected chi connectivity index (χ0v) is 11.1. The number of hydrazone groups is 1. The summed E-state index contributed by atoms with van der Waals surface area (Å²) in [5.41, 5.74) is 2.88. The summed E-state index contributed by atoms with van der Waals surface area (Å²) in [7, 11) is 1.76. The van der Waals surface area contributed by atoms with E-state index in [0.29, 0.717) is 6.54 Å². The van der Waals surface area contributed by atoms with Gasteiger partial charge in [0.1, 0.15) is 0 Å². The first-order valence-electron chi connectivity index (χ1n) is 6.33. The Hall–Kier alpha value is -2.69. The van der Waals surface area contributed by atoms with Crippen molar-refractivity contribution >= 4 is 17.9 Å². The monoisotopic (exact) mass is 266 g/mol. The molecule has 1 aromatic carbocycles. The molecule has 0 saturated heterocycles. The van der Waals surface area contributed by atoms with Gasteiger partial charge >= 0.3 is 6.03 Å². The summed E-state index contributed by atoms with van der Waals surface area (Å²) in [4.78, 5) is 17.9. The van der Waals surface area contributed by atoms with Crippen LogP contribution in [-0.2, 0) is 6.54 Å². The van der Waals surface area contributed by atoms with E-state index in [1.807, 2.05) is 36.4 Å². The van der Waals surface area contributed by atoms with Crippen LogP contribution in [-0.4, -0.2) is 29.3 Å². The van der Waals surface area contributed by atoms with Gasteiger partial charge in [0.2, 0.25) is 0 Å². The molecule has 0 N–H and O–H groups in total. The first kappa shape index (κ1) is 12.3. The lowest BCUT2D eigenvalue weighted by molar-refractivity contribution is 0.203. The molecule has 1 aliphatic heterocycles. The van der Waals surface area contributed by atoms with Gasteiger partial charge in [-0.25, -0.2) is 9.80 Å². The van der Waals surface area contributed by atoms with Crippen molar-refractivity contribution in [2.75, 3.05) is 11.9 Å². The van der Waals surface area contributed by atoms with Crippen LogP contribution in [0, 0.1) is 0 Å². The number of hydrogen-bond acceptors (Lipinski definition) is 3. The Balaban J connectivity index is 1.86. The van der Waals surface area contributed by atoms with Gasteiger partial charge in [-0.05, 0) is 17.7 Å². The molecular weight excluding hydrogens is 252 g/mol. The van der Waals surface area contributed by atoms with Crippen LogP contribution < -0.4 is 4.90 Å². The summed E-state index contributed by atoms with van der Waals surface area (Å²) >= 11 is 0. The van der Waals surface area contributed by atoms with Crippen molar-refractivity contribution in [2.24, 2.45) is 5.10 Å². The molecule has 2 amide bonds. The van der Waals surface area contributed by atoms with Gasteiger partial charge in [0.25, 0.3) is 0 Å². The number of amides is 2. The highest BCUT2D eigenvalue weighted by Crippen LogP contribution is 2.27. The van der Waals surface area contributed by atoms with Crippen molar-refractivity contribution in [1.29, 1.82) is 0 Å². The summed E-state index contributed by atoms with van der Waals surface area (Å²) < 4.78 is 0. The van der Waals surface area contributed by atoms with Gasteiger partial charge in [-0.2, -0.15) is 5.10 Å². The normalized spacial score (nSPS) is 14.8. The molecular formula is C15H14N4O. The van der Waals surface area contributed by atoms with Gasteiger partial charge in [-0.3, -0.25) is 9.88 Å². The van der Waals surface area contributed by atoms with E-state index >= 15 is 0 Å². The molecule has 0 spiro atoms. The van der Waals surface area contributed by atoms with Gasteiger partial charge in [0.05, 0.1) is 18.4 Å². The molecule has 2 aromatic rings. The minimum atomic E-state index is -0.135. The number of hydrogen-bond donors (Lipinski definition) is 0. The number of carbonyl (C=O) groups is 1. The molecule has 2 heterocycles. The predicted octanol–water partition coefficient (Wildman–Crippen LogP) is 2.49. The van der Waals surface area contributed by atoms with Gasteiger partial charge in [0, 0.05) is 25.0 Å². The number of aromatic nitrogens is 1. The number of carbonyl (C=O) groups excluding carboxylic acids is 1. The average molecular weight is 266 g/mol.